The van der Waals surface area contributed by atoms with Crippen LogP contribution in [0.15, 0.2) is 35.1 Å². The van der Waals surface area contributed by atoms with Gasteiger partial charge in [-0.3, -0.25) is 9.36 Å². The van der Waals surface area contributed by atoms with Crippen molar-refractivity contribution in [2.75, 3.05) is 0 Å². The van der Waals surface area contributed by atoms with Crippen molar-refractivity contribution in [1.82, 2.24) is 14.5 Å². The first-order valence-corrected chi connectivity index (χ1v) is 7.08. The Labute approximate surface area is 127 Å². The summed E-state index contributed by atoms with van der Waals surface area (Å²) in [7, 11) is 0. The van der Waals surface area contributed by atoms with E-state index in [0.29, 0.717) is 15.8 Å². The lowest BCUT2D eigenvalue weighted by molar-refractivity contribution is 0.928. The Morgan fingerprint density at radius 3 is 2.48 bits per heavy atom. The molecular formula is C16H15N3OS. The van der Waals surface area contributed by atoms with Gasteiger partial charge < -0.3 is 4.98 Å². The van der Waals surface area contributed by atoms with Gasteiger partial charge in [0.15, 0.2) is 4.77 Å². The summed E-state index contributed by atoms with van der Waals surface area (Å²) in [4.78, 5) is 20.2. The molecule has 106 valence electrons. The lowest BCUT2D eigenvalue weighted by atomic mass is 10.1. The summed E-state index contributed by atoms with van der Waals surface area (Å²) in [6.45, 7) is 5.81. The van der Waals surface area contributed by atoms with E-state index in [0.717, 1.165) is 22.5 Å². The van der Waals surface area contributed by atoms with Crippen molar-refractivity contribution in [3.05, 3.63) is 62.3 Å². The molecule has 0 amide bonds. The van der Waals surface area contributed by atoms with Crippen LogP contribution in [0.4, 0.5) is 0 Å². The maximum absolute atomic E-state index is 12.8. The van der Waals surface area contributed by atoms with Crippen molar-refractivity contribution >= 4 is 23.3 Å². The molecule has 2 aromatic heterocycles. The first kappa shape index (κ1) is 13.7. The highest BCUT2D eigenvalue weighted by Crippen LogP contribution is 2.14. The number of aryl methyl sites for hydroxylation is 3. The van der Waals surface area contributed by atoms with E-state index < -0.39 is 0 Å². The van der Waals surface area contributed by atoms with Crippen LogP contribution in [-0.4, -0.2) is 14.5 Å². The maximum atomic E-state index is 12.8. The minimum atomic E-state index is -0.136. The van der Waals surface area contributed by atoms with Gasteiger partial charge in [-0.1, -0.05) is 17.7 Å². The highest BCUT2D eigenvalue weighted by atomic mass is 32.1. The molecular weight excluding hydrogens is 282 g/mol. The van der Waals surface area contributed by atoms with E-state index in [1.165, 1.54) is 4.57 Å². The molecule has 0 aliphatic rings. The standard InChI is InChI=1S/C16H15N3OS/c1-9-4-6-12(7-5-9)19-15(20)13-10(2)8-11(3)17-14(13)18-16(19)21/h4-8H,1-3H3,(H,17,18,21). The number of H-pyrrole nitrogens is 1. The van der Waals surface area contributed by atoms with Crippen molar-refractivity contribution in [2.45, 2.75) is 20.8 Å². The lowest BCUT2D eigenvalue weighted by Gasteiger charge is -2.10. The molecule has 21 heavy (non-hydrogen) atoms. The van der Waals surface area contributed by atoms with Crippen LogP contribution in [0.25, 0.3) is 16.7 Å². The quantitative estimate of drug-likeness (QED) is 0.701. The molecule has 0 bridgehead atoms. The third-order valence-electron chi connectivity index (χ3n) is 3.48. The van der Waals surface area contributed by atoms with Gasteiger partial charge in [0.25, 0.3) is 5.56 Å². The van der Waals surface area contributed by atoms with Crippen LogP contribution in [0.2, 0.25) is 0 Å². The second kappa shape index (κ2) is 4.93. The first-order chi connectivity index (χ1) is 9.97. The SMILES string of the molecule is Cc1ccc(-n2c(=S)[nH]c3nc(C)cc(C)c3c2=O)cc1. The largest absolute Gasteiger partial charge is 0.316 e. The highest BCUT2D eigenvalue weighted by Gasteiger charge is 2.11. The zero-order valence-corrected chi connectivity index (χ0v) is 12.9. The molecule has 5 heteroatoms. The van der Waals surface area contributed by atoms with E-state index in [2.05, 4.69) is 9.97 Å². The number of hydrogen-bond acceptors (Lipinski definition) is 3. The van der Waals surface area contributed by atoms with E-state index in [-0.39, 0.29) is 5.56 Å². The number of rotatable bonds is 1. The number of fused-ring (bicyclic) bond motifs is 1. The summed E-state index contributed by atoms with van der Waals surface area (Å²) in [5.41, 5.74) is 4.06. The highest BCUT2D eigenvalue weighted by molar-refractivity contribution is 7.71. The fraction of sp³-hybridized carbons (Fsp3) is 0.188. The normalized spacial score (nSPS) is 11.0. The van der Waals surface area contributed by atoms with E-state index in [4.69, 9.17) is 12.2 Å². The van der Waals surface area contributed by atoms with Gasteiger partial charge in [-0.2, -0.15) is 0 Å². The molecule has 0 aliphatic heterocycles. The second-order valence-electron chi connectivity index (χ2n) is 5.21. The van der Waals surface area contributed by atoms with Gasteiger partial charge in [-0.15, -0.1) is 0 Å². The predicted molar refractivity (Wildman–Crippen MR) is 86.7 cm³/mol. The number of aromatic nitrogens is 3. The summed E-state index contributed by atoms with van der Waals surface area (Å²) < 4.78 is 1.87. The molecule has 0 aliphatic carbocycles. The Kier molecular flexibility index (Phi) is 3.22. The van der Waals surface area contributed by atoms with Gasteiger partial charge in [-0.05, 0) is 56.8 Å². The molecule has 2 heterocycles. The van der Waals surface area contributed by atoms with Gasteiger partial charge in [0.1, 0.15) is 5.65 Å². The van der Waals surface area contributed by atoms with Gasteiger partial charge in [-0.25, -0.2) is 4.98 Å². The summed E-state index contributed by atoms with van der Waals surface area (Å²) in [6.07, 6.45) is 0. The van der Waals surface area contributed by atoms with Gasteiger partial charge in [0.05, 0.1) is 11.1 Å². The Bertz CT molecular complexity index is 952. The molecule has 0 fully saturated rings. The minimum Gasteiger partial charge on any atom is -0.316 e. The molecule has 0 unspecified atom stereocenters. The van der Waals surface area contributed by atoms with Crippen LogP contribution in [0, 0.1) is 25.5 Å². The number of nitrogens with one attached hydrogen (secondary N) is 1. The molecule has 4 nitrogen and oxygen atoms in total. The van der Waals surface area contributed by atoms with Crippen LogP contribution in [0.1, 0.15) is 16.8 Å². The molecule has 3 aromatic rings. The number of aromatic amines is 1. The van der Waals surface area contributed by atoms with Crippen LogP contribution in [0.3, 0.4) is 0 Å². The Hall–Kier alpha value is -2.27. The Morgan fingerprint density at radius 2 is 1.81 bits per heavy atom. The number of hydrogen-bond donors (Lipinski definition) is 1. The maximum Gasteiger partial charge on any atom is 0.268 e. The monoisotopic (exact) mass is 297 g/mol. The fourth-order valence-electron chi connectivity index (χ4n) is 2.49. The topological polar surface area (TPSA) is 50.7 Å². The molecule has 0 spiro atoms. The van der Waals surface area contributed by atoms with Crippen molar-refractivity contribution in [1.29, 1.82) is 0 Å². The van der Waals surface area contributed by atoms with Gasteiger partial charge in [0.2, 0.25) is 0 Å². The summed E-state index contributed by atoms with van der Waals surface area (Å²) in [5, 5.41) is 0.578. The second-order valence-corrected chi connectivity index (χ2v) is 5.60. The Morgan fingerprint density at radius 1 is 1.14 bits per heavy atom. The van der Waals surface area contributed by atoms with Crippen LogP contribution >= 0.6 is 12.2 Å². The summed E-state index contributed by atoms with van der Waals surface area (Å²) in [6, 6.07) is 9.61. The molecule has 1 N–H and O–H groups in total. The van der Waals surface area contributed by atoms with Crippen LogP contribution in [-0.2, 0) is 0 Å². The molecule has 0 atom stereocenters. The van der Waals surface area contributed by atoms with Crippen LogP contribution < -0.4 is 5.56 Å². The number of benzene rings is 1. The molecule has 0 saturated carbocycles. The minimum absolute atomic E-state index is 0.136. The molecule has 0 saturated heterocycles. The number of pyridine rings is 1. The van der Waals surface area contributed by atoms with Crippen molar-refractivity contribution < 1.29 is 0 Å². The van der Waals surface area contributed by atoms with E-state index in [1.807, 2.05) is 51.1 Å². The average Bonchev–Trinajstić information content (AvgIpc) is 2.39. The van der Waals surface area contributed by atoms with E-state index >= 15 is 0 Å². The third-order valence-corrected chi connectivity index (χ3v) is 3.77. The van der Waals surface area contributed by atoms with Gasteiger partial charge >= 0.3 is 0 Å². The zero-order valence-electron chi connectivity index (χ0n) is 12.1. The van der Waals surface area contributed by atoms with E-state index in [9.17, 15) is 4.79 Å². The van der Waals surface area contributed by atoms with Crippen molar-refractivity contribution in [3.63, 3.8) is 0 Å². The summed E-state index contributed by atoms with van der Waals surface area (Å²) >= 11 is 5.34. The number of nitrogens with zero attached hydrogens (tertiary/aromatic N) is 2. The lowest BCUT2D eigenvalue weighted by Crippen LogP contribution is -2.21. The fourth-order valence-corrected chi connectivity index (χ4v) is 2.77. The molecule has 0 radical (unpaired) electrons. The zero-order chi connectivity index (χ0) is 15.1. The van der Waals surface area contributed by atoms with Crippen molar-refractivity contribution in [2.24, 2.45) is 0 Å². The molecule has 3 rings (SSSR count). The van der Waals surface area contributed by atoms with Gasteiger partial charge in [0, 0.05) is 5.69 Å². The smallest absolute Gasteiger partial charge is 0.268 e. The van der Waals surface area contributed by atoms with E-state index in [1.54, 1.807) is 0 Å². The third kappa shape index (κ3) is 2.29. The predicted octanol–water partition coefficient (Wildman–Crippen LogP) is 3.37. The van der Waals surface area contributed by atoms with Crippen LogP contribution in [0.5, 0.6) is 0 Å². The first-order valence-electron chi connectivity index (χ1n) is 6.67. The summed E-state index contributed by atoms with van der Waals surface area (Å²) in [5.74, 6) is 0. The van der Waals surface area contributed by atoms with Crippen molar-refractivity contribution in [3.8, 4) is 5.69 Å². The molecule has 1 aromatic carbocycles. The average molecular weight is 297 g/mol. The Balaban J connectivity index is 2.42.